The van der Waals surface area contributed by atoms with E-state index in [0.717, 1.165) is 35.6 Å². The van der Waals surface area contributed by atoms with Crippen molar-refractivity contribution < 1.29 is 9.53 Å². The number of hydrogen-bond donors (Lipinski definition) is 1. The maximum absolute atomic E-state index is 11.3. The normalized spacial score (nSPS) is 10.4. The largest absolute Gasteiger partial charge is 0.496 e. The second kappa shape index (κ2) is 7.14. The van der Waals surface area contributed by atoms with E-state index in [2.05, 4.69) is 26.0 Å². The minimum absolute atomic E-state index is 0.0115. The van der Waals surface area contributed by atoms with Crippen molar-refractivity contribution in [2.75, 3.05) is 14.2 Å². The lowest BCUT2D eigenvalue weighted by Crippen LogP contribution is -2.32. The highest BCUT2D eigenvalue weighted by molar-refractivity contribution is 5.75. The summed E-state index contributed by atoms with van der Waals surface area (Å²) < 4.78 is 5.30. The molecule has 0 spiro atoms. The van der Waals surface area contributed by atoms with Gasteiger partial charge in [-0.15, -0.1) is 0 Å². The van der Waals surface area contributed by atoms with Gasteiger partial charge in [0.25, 0.3) is 0 Å². The fraction of sp³-hybridized carbons (Fsp3) is 0.533. The lowest BCUT2D eigenvalue weighted by Gasteiger charge is -2.12. The number of ether oxygens (including phenoxy) is 1. The van der Waals surface area contributed by atoms with Gasteiger partial charge in [-0.05, 0) is 55.9 Å². The average Bonchev–Trinajstić information content (AvgIpc) is 2.37. The molecule has 0 saturated carbocycles. The third kappa shape index (κ3) is 4.56. The molecule has 0 bridgehead atoms. The SMILES string of the molecule is COc1cc(C)c(CCCCC(=O)N(C)N)cc1C. The van der Waals surface area contributed by atoms with Crippen LogP contribution in [0, 0.1) is 13.8 Å². The number of rotatable bonds is 6. The van der Waals surface area contributed by atoms with Gasteiger partial charge in [0, 0.05) is 13.5 Å². The molecule has 4 heteroatoms. The summed E-state index contributed by atoms with van der Waals surface area (Å²) in [5.41, 5.74) is 3.72. The van der Waals surface area contributed by atoms with Gasteiger partial charge < -0.3 is 4.74 Å². The molecule has 106 valence electrons. The second-order valence-corrected chi connectivity index (χ2v) is 4.96. The number of nitrogens with zero attached hydrogens (tertiary/aromatic N) is 1. The average molecular weight is 264 g/mol. The number of nitrogens with two attached hydrogens (primary N) is 1. The van der Waals surface area contributed by atoms with Crippen LogP contribution in [0.15, 0.2) is 12.1 Å². The minimum Gasteiger partial charge on any atom is -0.496 e. The van der Waals surface area contributed by atoms with Gasteiger partial charge >= 0.3 is 0 Å². The molecule has 4 nitrogen and oxygen atoms in total. The first-order valence-electron chi connectivity index (χ1n) is 6.61. The maximum Gasteiger partial charge on any atom is 0.236 e. The fourth-order valence-corrected chi connectivity index (χ4v) is 2.11. The number of aryl methyl sites for hydroxylation is 3. The van der Waals surface area contributed by atoms with Gasteiger partial charge in [0.05, 0.1) is 7.11 Å². The van der Waals surface area contributed by atoms with Crippen LogP contribution in [0.1, 0.15) is 36.0 Å². The molecule has 0 aliphatic carbocycles. The molecule has 0 aromatic heterocycles. The Bertz CT molecular complexity index is 442. The highest BCUT2D eigenvalue weighted by Gasteiger charge is 2.07. The minimum atomic E-state index is -0.0115. The van der Waals surface area contributed by atoms with E-state index < -0.39 is 0 Å². The monoisotopic (exact) mass is 264 g/mol. The Morgan fingerprint density at radius 1 is 1.26 bits per heavy atom. The summed E-state index contributed by atoms with van der Waals surface area (Å²) in [5.74, 6) is 6.30. The summed E-state index contributed by atoms with van der Waals surface area (Å²) in [7, 11) is 3.27. The summed E-state index contributed by atoms with van der Waals surface area (Å²) in [6.07, 6.45) is 3.36. The smallest absolute Gasteiger partial charge is 0.236 e. The molecular weight excluding hydrogens is 240 g/mol. The van der Waals surface area contributed by atoms with Crippen molar-refractivity contribution in [3.8, 4) is 5.75 Å². The van der Waals surface area contributed by atoms with Crippen LogP contribution < -0.4 is 10.6 Å². The van der Waals surface area contributed by atoms with Crippen molar-refractivity contribution in [3.05, 3.63) is 28.8 Å². The Morgan fingerprint density at radius 3 is 2.53 bits per heavy atom. The highest BCUT2D eigenvalue weighted by atomic mass is 16.5. The van der Waals surface area contributed by atoms with Crippen molar-refractivity contribution in [1.82, 2.24) is 5.01 Å². The summed E-state index contributed by atoms with van der Waals surface area (Å²) >= 11 is 0. The maximum atomic E-state index is 11.3. The first kappa shape index (κ1) is 15.5. The molecule has 0 aliphatic rings. The molecule has 1 amide bonds. The molecule has 1 aromatic rings. The van der Waals surface area contributed by atoms with Crippen LogP contribution in [0.2, 0.25) is 0 Å². The van der Waals surface area contributed by atoms with Crippen LogP contribution in [0.3, 0.4) is 0 Å². The topological polar surface area (TPSA) is 55.6 Å². The van der Waals surface area contributed by atoms with Crippen LogP contribution >= 0.6 is 0 Å². The van der Waals surface area contributed by atoms with E-state index in [1.165, 1.54) is 11.1 Å². The molecular formula is C15H24N2O2. The van der Waals surface area contributed by atoms with E-state index in [4.69, 9.17) is 10.6 Å². The van der Waals surface area contributed by atoms with Gasteiger partial charge in [-0.3, -0.25) is 9.80 Å². The van der Waals surface area contributed by atoms with E-state index in [-0.39, 0.29) is 5.91 Å². The number of carbonyl (C=O) groups is 1. The van der Waals surface area contributed by atoms with Crippen molar-refractivity contribution >= 4 is 5.91 Å². The number of unbranched alkanes of at least 4 members (excludes halogenated alkanes) is 1. The molecule has 1 aromatic carbocycles. The Labute approximate surface area is 115 Å². The molecule has 0 radical (unpaired) electrons. The number of hydrogen-bond acceptors (Lipinski definition) is 3. The molecule has 0 aliphatic heterocycles. The molecule has 0 unspecified atom stereocenters. The quantitative estimate of drug-likeness (QED) is 0.371. The number of methoxy groups -OCH3 is 1. The third-order valence-corrected chi connectivity index (χ3v) is 3.33. The Morgan fingerprint density at radius 2 is 1.95 bits per heavy atom. The van der Waals surface area contributed by atoms with Crippen LogP contribution in [0.5, 0.6) is 5.75 Å². The molecule has 0 fully saturated rings. The number of benzene rings is 1. The van der Waals surface area contributed by atoms with Crippen molar-refractivity contribution in [2.45, 2.75) is 39.5 Å². The van der Waals surface area contributed by atoms with Gasteiger partial charge in [0.2, 0.25) is 5.91 Å². The number of amides is 1. The lowest BCUT2D eigenvalue weighted by atomic mass is 9.99. The van der Waals surface area contributed by atoms with E-state index in [1.807, 2.05) is 0 Å². The van der Waals surface area contributed by atoms with Gasteiger partial charge in [-0.25, -0.2) is 5.84 Å². The molecule has 1 rings (SSSR count). The van der Waals surface area contributed by atoms with Crippen molar-refractivity contribution in [3.63, 3.8) is 0 Å². The van der Waals surface area contributed by atoms with Crippen LogP contribution in [-0.4, -0.2) is 25.1 Å². The number of hydrazine groups is 1. The van der Waals surface area contributed by atoms with E-state index >= 15 is 0 Å². The standard InChI is InChI=1S/C15H24N2O2/c1-11-10-14(19-4)12(2)9-13(11)7-5-6-8-15(18)17(3)16/h9-10H,5-8,16H2,1-4H3. The predicted molar refractivity (Wildman–Crippen MR) is 77.0 cm³/mol. The Kier molecular flexibility index (Phi) is 5.83. The van der Waals surface area contributed by atoms with Crippen molar-refractivity contribution in [1.29, 1.82) is 0 Å². The summed E-state index contributed by atoms with van der Waals surface area (Å²) in [6.45, 7) is 4.14. The first-order valence-corrected chi connectivity index (χ1v) is 6.61. The molecule has 0 atom stereocenters. The number of carbonyl (C=O) groups excluding carboxylic acids is 1. The molecule has 0 saturated heterocycles. The van der Waals surface area contributed by atoms with E-state index in [1.54, 1.807) is 14.2 Å². The van der Waals surface area contributed by atoms with Gasteiger partial charge in [-0.1, -0.05) is 6.07 Å². The highest BCUT2D eigenvalue weighted by Crippen LogP contribution is 2.23. The van der Waals surface area contributed by atoms with E-state index in [9.17, 15) is 4.79 Å². The zero-order valence-electron chi connectivity index (χ0n) is 12.3. The summed E-state index contributed by atoms with van der Waals surface area (Å²) in [6, 6.07) is 4.24. The molecule has 2 N–H and O–H groups in total. The van der Waals surface area contributed by atoms with Crippen molar-refractivity contribution in [2.24, 2.45) is 5.84 Å². The lowest BCUT2D eigenvalue weighted by molar-refractivity contribution is -0.130. The zero-order chi connectivity index (χ0) is 14.4. The van der Waals surface area contributed by atoms with Gasteiger partial charge in [-0.2, -0.15) is 0 Å². The Hall–Kier alpha value is -1.55. The Balaban J connectivity index is 2.50. The molecule has 0 heterocycles. The summed E-state index contributed by atoms with van der Waals surface area (Å²) in [5, 5.41) is 1.16. The van der Waals surface area contributed by atoms with Crippen LogP contribution in [0.25, 0.3) is 0 Å². The molecule has 19 heavy (non-hydrogen) atoms. The zero-order valence-corrected chi connectivity index (χ0v) is 12.3. The predicted octanol–water partition coefficient (Wildman–Crippen LogP) is 2.36. The summed E-state index contributed by atoms with van der Waals surface area (Å²) in [4.78, 5) is 11.3. The first-order chi connectivity index (χ1) is 8.95. The van der Waals surface area contributed by atoms with Crippen LogP contribution in [-0.2, 0) is 11.2 Å². The van der Waals surface area contributed by atoms with E-state index in [0.29, 0.717) is 6.42 Å². The van der Waals surface area contributed by atoms with Gasteiger partial charge in [0.15, 0.2) is 0 Å². The second-order valence-electron chi connectivity index (χ2n) is 4.96. The van der Waals surface area contributed by atoms with Gasteiger partial charge in [0.1, 0.15) is 5.75 Å². The van der Waals surface area contributed by atoms with Crippen LogP contribution in [0.4, 0.5) is 0 Å². The third-order valence-electron chi connectivity index (χ3n) is 3.33. The fourth-order valence-electron chi connectivity index (χ4n) is 2.11.